The van der Waals surface area contributed by atoms with E-state index in [1.165, 1.54) is 18.2 Å². The van der Waals surface area contributed by atoms with E-state index in [9.17, 15) is 22.8 Å². The molecule has 0 bridgehead atoms. The number of aromatic carboxylic acids is 1. The second-order valence-electron chi connectivity index (χ2n) is 6.52. The lowest BCUT2D eigenvalue weighted by atomic mass is 10.1. The monoisotopic (exact) mass is 433 g/mol. The summed E-state index contributed by atoms with van der Waals surface area (Å²) < 4.78 is 26.7. The molecular weight excluding hydrogens is 410 g/mol. The molecule has 1 aromatic carbocycles. The van der Waals surface area contributed by atoms with Crippen molar-refractivity contribution in [3.05, 3.63) is 59.4 Å². The van der Waals surface area contributed by atoms with Crippen LogP contribution < -0.4 is 10.0 Å². The molecule has 0 saturated heterocycles. The second kappa shape index (κ2) is 10.5. The minimum Gasteiger partial charge on any atom is -0.477 e. The summed E-state index contributed by atoms with van der Waals surface area (Å²) >= 11 is 0. The quantitative estimate of drug-likeness (QED) is 0.518. The topological polar surface area (TPSA) is 143 Å². The number of nitrogens with zero attached hydrogens (tertiary/aromatic N) is 1. The molecule has 0 radical (unpaired) electrons. The smallest absolute Gasteiger partial charge is 0.354 e. The SMILES string of the molecule is CCCCC(=O)NCCc1ccc(S(=O)(=O)NC(=O)c2ccc(C(=O)O)nc2)cc1. The van der Waals surface area contributed by atoms with Gasteiger partial charge in [-0.25, -0.2) is 22.9 Å². The molecule has 1 aromatic heterocycles. The molecule has 3 N–H and O–H groups in total. The van der Waals surface area contributed by atoms with Crippen molar-refractivity contribution < 1.29 is 27.9 Å². The molecule has 0 saturated carbocycles. The van der Waals surface area contributed by atoms with Gasteiger partial charge in [0.25, 0.3) is 15.9 Å². The van der Waals surface area contributed by atoms with E-state index in [2.05, 4.69) is 10.3 Å². The Hall–Kier alpha value is -3.27. The standard InChI is InChI=1S/C20H23N3O6S/c1-2-3-4-18(24)21-12-11-14-5-8-16(9-6-14)30(28,29)23-19(25)15-7-10-17(20(26)27)22-13-15/h5-10,13H,2-4,11-12H2,1H3,(H,21,24)(H,23,25)(H,26,27). The third kappa shape index (κ3) is 6.66. The molecule has 160 valence electrons. The highest BCUT2D eigenvalue weighted by molar-refractivity contribution is 7.90. The number of carbonyl (C=O) groups excluding carboxylic acids is 2. The summed E-state index contributed by atoms with van der Waals surface area (Å²) in [5.74, 6) is -2.18. The van der Waals surface area contributed by atoms with Crippen molar-refractivity contribution in [2.45, 2.75) is 37.5 Å². The Morgan fingerprint density at radius 2 is 1.77 bits per heavy atom. The maximum Gasteiger partial charge on any atom is 0.354 e. The first-order valence-electron chi connectivity index (χ1n) is 9.35. The van der Waals surface area contributed by atoms with E-state index >= 15 is 0 Å². The Morgan fingerprint density at radius 1 is 1.07 bits per heavy atom. The van der Waals surface area contributed by atoms with Crippen molar-refractivity contribution >= 4 is 27.8 Å². The summed E-state index contributed by atoms with van der Waals surface area (Å²) in [6.45, 7) is 2.46. The average molecular weight is 433 g/mol. The predicted octanol–water partition coefficient (Wildman–Crippen LogP) is 1.75. The number of nitrogens with one attached hydrogen (secondary N) is 2. The third-order valence-electron chi connectivity index (χ3n) is 4.20. The number of hydrogen-bond donors (Lipinski definition) is 3. The first-order valence-corrected chi connectivity index (χ1v) is 10.8. The highest BCUT2D eigenvalue weighted by atomic mass is 32.2. The number of hydrogen-bond acceptors (Lipinski definition) is 6. The third-order valence-corrected chi connectivity index (χ3v) is 5.55. The van der Waals surface area contributed by atoms with Crippen LogP contribution in [0.5, 0.6) is 0 Å². The molecule has 30 heavy (non-hydrogen) atoms. The average Bonchev–Trinajstić information content (AvgIpc) is 2.72. The van der Waals surface area contributed by atoms with Crippen LogP contribution in [0.25, 0.3) is 0 Å². The summed E-state index contributed by atoms with van der Waals surface area (Å²) in [5, 5.41) is 11.6. The van der Waals surface area contributed by atoms with Crippen LogP contribution in [-0.2, 0) is 21.2 Å². The fourth-order valence-electron chi connectivity index (χ4n) is 2.50. The number of carboxylic acids is 1. The number of unbranched alkanes of at least 4 members (excludes halogenated alkanes) is 1. The van der Waals surface area contributed by atoms with Gasteiger partial charge in [0.2, 0.25) is 5.91 Å². The number of carboxylic acid groups (broad SMARTS) is 1. The van der Waals surface area contributed by atoms with E-state index in [-0.39, 0.29) is 22.1 Å². The van der Waals surface area contributed by atoms with E-state index in [1.54, 1.807) is 12.1 Å². The van der Waals surface area contributed by atoms with E-state index in [4.69, 9.17) is 5.11 Å². The molecule has 0 spiro atoms. The van der Waals surface area contributed by atoms with Crippen LogP contribution in [-0.4, -0.2) is 42.8 Å². The molecule has 9 nitrogen and oxygen atoms in total. The molecule has 2 aromatic rings. The van der Waals surface area contributed by atoms with Crippen LogP contribution >= 0.6 is 0 Å². The van der Waals surface area contributed by atoms with E-state index in [1.807, 2.05) is 11.6 Å². The molecule has 0 aliphatic carbocycles. The highest BCUT2D eigenvalue weighted by Gasteiger charge is 2.19. The van der Waals surface area contributed by atoms with Gasteiger partial charge in [0.05, 0.1) is 10.5 Å². The van der Waals surface area contributed by atoms with Gasteiger partial charge in [0.1, 0.15) is 5.69 Å². The van der Waals surface area contributed by atoms with Gasteiger partial charge in [0.15, 0.2) is 0 Å². The molecule has 0 aliphatic rings. The molecule has 0 unspecified atom stereocenters. The van der Waals surface area contributed by atoms with Gasteiger partial charge in [-0.15, -0.1) is 0 Å². The number of rotatable bonds is 10. The van der Waals surface area contributed by atoms with Crippen molar-refractivity contribution in [2.24, 2.45) is 0 Å². The van der Waals surface area contributed by atoms with Gasteiger partial charge >= 0.3 is 5.97 Å². The number of aromatic nitrogens is 1. The minimum absolute atomic E-state index is 0.00959. The molecule has 2 amide bonds. The summed E-state index contributed by atoms with van der Waals surface area (Å²) in [7, 11) is -4.11. The predicted molar refractivity (Wildman–Crippen MR) is 109 cm³/mol. The van der Waals surface area contributed by atoms with Gasteiger partial charge in [-0.3, -0.25) is 9.59 Å². The highest BCUT2D eigenvalue weighted by Crippen LogP contribution is 2.12. The Balaban J connectivity index is 1.95. The lowest BCUT2D eigenvalue weighted by Crippen LogP contribution is -2.30. The number of pyridine rings is 1. The van der Waals surface area contributed by atoms with Gasteiger partial charge in [-0.1, -0.05) is 25.5 Å². The summed E-state index contributed by atoms with van der Waals surface area (Å²) in [4.78, 5) is 38.0. The Labute approximate surface area is 174 Å². The van der Waals surface area contributed by atoms with E-state index in [0.29, 0.717) is 19.4 Å². The Morgan fingerprint density at radius 3 is 2.33 bits per heavy atom. The van der Waals surface area contributed by atoms with Crippen molar-refractivity contribution in [2.75, 3.05) is 6.54 Å². The van der Waals surface area contributed by atoms with Crippen molar-refractivity contribution in [3.8, 4) is 0 Å². The lowest BCUT2D eigenvalue weighted by Gasteiger charge is -2.09. The van der Waals surface area contributed by atoms with Crippen molar-refractivity contribution in [1.82, 2.24) is 15.0 Å². The van der Waals surface area contributed by atoms with Gasteiger partial charge in [-0.2, -0.15) is 0 Å². The maximum absolute atomic E-state index is 12.4. The summed E-state index contributed by atoms with van der Waals surface area (Å²) in [6.07, 6.45) is 3.81. The van der Waals surface area contributed by atoms with Crippen LogP contribution in [0.15, 0.2) is 47.5 Å². The zero-order valence-electron chi connectivity index (χ0n) is 16.4. The second-order valence-corrected chi connectivity index (χ2v) is 8.20. The van der Waals surface area contributed by atoms with E-state index < -0.39 is 21.9 Å². The summed E-state index contributed by atoms with van der Waals surface area (Å²) in [6, 6.07) is 8.26. The van der Waals surface area contributed by atoms with Crippen molar-refractivity contribution in [3.63, 3.8) is 0 Å². The zero-order valence-corrected chi connectivity index (χ0v) is 17.2. The zero-order chi connectivity index (χ0) is 22.1. The maximum atomic E-state index is 12.4. The van der Waals surface area contributed by atoms with Crippen LogP contribution in [0.4, 0.5) is 0 Å². The number of amides is 2. The van der Waals surface area contributed by atoms with Crippen LogP contribution in [0.2, 0.25) is 0 Å². The number of sulfonamides is 1. The molecule has 0 aliphatic heterocycles. The molecule has 0 atom stereocenters. The number of benzene rings is 1. The van der Waals surface area contributed by atoms with Crippen molar-refractivity contribution in [1.29, 1.82) is 0 Å². The first kappa shape index (κ1) is 23.0. The molecule has 1 heterocycles. The van der Waals surface area contributed by atoms with Crippen LogP contribution in [0.3, 0.4) is 0 Å². The van der Waals surface area contributed by atoms with E-state index in [0.717, 1.165) is 30.7 Å². The lowest BCUT2D eigenvalue weighted by molar-refractivity contribution is -0.121. The Kier molecular flexibility index (Phi) is 8.05. The molecule has 2 rings (SSSR count). The fourth-order valence-corrected chi connectivity index (χ4v) is 3.48. The van der Waals surface area contributed by atoms with Gasteiger partial charge in [0, 0.05) is 19.2 Å². The summed E-state index contributed by atoms with van der Waals surface area (Å²) in [5.41, 5.74) is 0.495. The molecule has 0 fully saturated rings. The van der Waals surface area contributed by atoms with Gasteiger partial charge in [-0.05, 0) is 42.7 Å². The largest absolute Gasteiger partial charge is 0.477 e. The minimum atomic E-state index is -4.11. The normalized spacial score (nSPS) is 11.0. The Bertz CT molecular complexity index is 1000. The van der Waals surface area contributed by atoms with Gasteiger partial charge < -0.3 is 10.4 Å². The molecular formula is C20H23N3O6S. The van der Waals surface area contributed by atoms with Crippen LogP contribution in [0.1, 0.15) is 52.6 Å². The first-order chi connectivity index (χ1) is 14.2. The van der Waals surface area contributed by atoms with Crippen LogP contribution in [0, 0.1) is 0 Å². The fraction of sp³-hybridized carbons (Fsp3) is 0.300. The number of carbonyl (C=O) groups is 3. The molecule has 10 heteroatoms.